The second-order valence-electron chi connectivity index (χ2n) is 2.69. The van der Waals surface area contributed by atoms with Gasteiger partial charge in [0.1, 0.15) is 6.16 Å². The Morgan fingerprint density at radius 1 is 1.25 bits per heavy atom. The molecule has 0 saturated carbocycles. The van der Waals surface area contributed by atoms with Crippen molar-refractivity contribution in [2.45, 2.75) is 32.4 Å². The molecule has 12 heavy (non-hydrogen) atoms. The van der Waals surface area contributed by atoms with Crippen molar-refractivity contribution in [3.8, 4) is 0 Å². The van der Waals surface area contributed by atoms with Crippen molar-refractivity contribution in [1.29, 1.82) is 0 Å². The maximum atomic E-state index is 11.6. The first-order chi connectivity index (χ1) is 5.45. The molecule has 0 amide bonds. The molecule has 1 unspecified atom stereocenters. The first kappa shape index (κ1) is 11.9. The normalized spacial score (nSPS) is 13.2. The average Bonchev–Trinajstić information content (AvgIpc) is 1.84. The minimum Gasteiger partial charge on any atom is -0.166 e. The van der Waals surface area contributed by atoms with Gasteiger partial charge in [-0.1, -0.05) is 17.9 Å². The van der Waals surface area contributed by atoms with E-state index in [2.05, 4.69) is 0 Å². The van der Waals surface area contributed by atoms with Crippen LogP contribution in [-0.2, 0) is 4.57 Å². The summed E-state index contributed by atoms with van der Waals surface area (Å²) in [6.45, 7) is 1.96. The maximum Gasteiger partial charge on any atom is 0.432 e. The molecule has 0 aliphatic rings. The fourth-order valence-corrected chi connectivity index (χ4v) is 1.95. The molecule has 1 atom stereocenters. The van der Waals surface area contributed by atoms with E-state index in [-0.39, 0.29) is 6.16 Å². The SMILES string of the molecule is CCCCC[P+](=O)CC(F)(F)F. The lowest BCUT2D eigenvalue weighted by Gasteiger charge is -1.96. The Morgan fingerprint density at radius 3 is 2.25 bits per heavy atom. The van der Waals surface area contributed by atoms with E-state index in [1.54, 1.807) is 0 Å². The maximum absolute atomic E-state index is 11.6. The van der Waals surface area contributed by atoms with Crippen molar-refractivity contribution < 1.29 is 17.7 Å². The number of alkyl halides is 3. The van der Waals surface area contributed by atoms with E-state index in [4.69, 9.17) is 0 Å². The van der Waals surface area contributed by atoms with Gasteiger partial charge in [-0.05, 0) is 12.8 Å². The highest BCUT2D eigenvalue weighted by Gasteiger charge is 2.38. The van der Waals surface area contributed by atoms with Crippen molar-refractivity contribution in [2.24, 2.45) is 0 Å². The molecule has 72 valence electrons. The Bertz CT molecular complexity index is 144. The fourth-order valence-electron chi connectivity index (χ4n) is 0.817. The number of halogens is 3. The van der Waals surface area contributed by atoms with E-state index in [1.165, 1.54) is 0 Å². The highest BCUT2D eigenvalue weighted by molar-refractivity contribution is 7.44. The van der Waals surface area contributed by atoms with E-state index >= 15 is 0 Å². The molecular formula is C7H13F3OP+. The summed E-state index contributed by atoms with van der Waals surface area (Å²) in [5, 5.41) is 0. The Labute approximate surface area is 71.1 Å². The first-order valence-corrected chi connectivity index (χ1v) is 5.57. The monoisotopic (exact) mass is 201 g/mol. The van der Waals surface area contributed by atoms with E-state index in [9.17, 15) is 17.7 Å². The summed E-state index contributed by atoms with van der Waals surface area (Å²) in [4.78, 5) is 0. The lowest BCUT2D eigenvalue weighted by atomic mass is 10.3. The minimum absolute atomic E-state index is 0.211. The van der Waals surface area contributed by atoms with Gasteiger partial charge >= 0.3 is 14.0 Å². The number of unbranched alkanes of at least 4 members (excludes halogenated alkanes) is 2. The van der Waals surface area contributed by atoms with Crippen LogP contribution in [0.2, 0.25) is 0 Å². The summed E-state index contributed by atoms with van der Waals surface area (Å²) in [6, 6.07) is 0. The quantitative estimate of drug-likeness (QED) is 0.491. The zero-order valence-electron chi connectivity index (χ0n) is 7.02. The average molecular weight is 201 g/mol. The molecule has 0 N–H and O–H groups in total. The predicted molar refractivity (Wildman–Crippen MR) is 42.9 cm³/mol. The van der Waals surface area contributed by atoms with Crippen LogP contribution in [0.25, 0.3) is 0 Å². The number of hydrogen-bond donors (Lipinski definition) is 0. The molecule has 0 spiro atoms. The molecule has 0 aliphatic heterocycles. The third-order valence-electron chi connectivity index (χ3n) is 1.37. The van der Waals surface area contributed by atoms with Crippen molar-refractivity contribution in [1.82, 2.24) is 0 Å². The molecular weight excluding hydrogens is 188 g/mol. The fraction of sp³-hybridized carbons (Fsp3) is 1.00. The van der Waals surface area contributed by atoms with Gasteiger partial charge in [0.15, 0.2) is 0 Å². The summed E-state index contributed by atoms with van der Waals surface area (Å²) in [5.74, 6) is 0. The molecule has 0 aromatic carbocycles. The van der Waals surface area contributed by atoms with Gasteiger partial charge in [-0.3, -0.25) is 0 Å². The zero-order valence-corrected chi connectivity index (χ0v) is 7.92. The van der Waals surface area contributed by atoms with Crippen LogP contribution in [0.1, 0.15) is 26.2 Å². The molecule has 0 saturated heterocycles. The van der Waals surface area contributed by atoms with Gasteiger partial charge in [-0.15, -0.1) is 0 Å². The summed E-state index contributed by atoms with van der Waals surface area (Å²) < 4.78 is 45.7. The van der Waals surface area contributed by atoms with Crippen molar-refractivity contribution >= 4 is 7.80 Å². The summed E-state index contributed by atoms with van der Waals surface area (Å²) in [5.41, 5.74) is 0. The lowest BCUT2D eigenvalue weighted by molar-refractivity contribution is -0.106. The Hall–Kier alpha value is -0.110. The van der Waals surface area contributed by atoms with Crippen LogP contribution in [-0.4, -0.2) is 18.5 Å². The van der Waals surface area contributed by atoms with Gasteiger partial charge in [0.25, 0.3) is 0 Å². The molecule has 0 aliphatic carbocycles. The van der Waals surface area contributed by atoms with Gasteiger partial charge in [-0.2, -0.15) is 13.2 Å². The smallest absolute Gasteiger partial charge is 0.166 e. The van der Waals surface area contributed by atoms with Crippen LogP contribution in [0.4, 0.5) is 13.2 Å². The Kier molecular flexibility index (Phi) is 5.47. The van der Waals surface area contributed by atoms with Crippen LogP contribution in [0.3, 0.4) is 0 Å². The van der Waals surface area contributed by atoms with E-state index < -0.39 is 20.1 Å². The minimum atomic E-state index is -4.26. The summed E-state index contributed by atoms with van der Waals surface area (Å²) in [6.07, 6.45) is -2.73. The second-order valence-corrected chi connectivity index (χ2v) is 4.41. The van der Waals surface area contributed by atoms with Crippen LogP contribution in [0.5, 0.6) is 0 Å². The first-order valence-electron chi connectivity index (χ1n) is 3.94. The van der Waals surface area contributed by atoms with E-state index in [0.717, 1.165) is 12.8 Å². The Balaban J connectivity index is 3.47. The molecule has 0 aromatic heterocycles. The molecule has 0 heterocycles. The lowest BCUT2D eigenvalue weighted by Crippen LogP contribution is -2.11. The third-order valence-corrected chi connectivity index (χ3v) is 2.89. The third kappa shape index (κ3) is 7.99. The predicted octanol–water partition coefficient (Wildman–Crippen LogP) is 3.57. The van der Waals surface area contributed by atoms with Crippen molar-refractivity contribution in [3.63, 3.8) is 0 Å². The Morgan fingerprint density at radius 2 is 1.83 bits per heavy atom. The van der Waals surface area contributed by atoms with Crippen molar-refractivity contribution in [3.05, 3.63) is 0 Å². The topological polar surface area (TPSA) is 17.1 Å². The molecule has 0 radical (unpaired) electrons. The van der Waals surface area contributed by atoms with Crippen LogP contribution in [0.15, 0.2) is 0 Å². The van der Waals surface area contributed by atoms with E-state index in [1.807, 2.05) is 6.92 Å². The van der Waals surface area contributed by atoms with Crippen molar-refractivity contribution in [2.75, 3.05) is 12.3 Å². The zero-order chi connectivity index (χ0) is 9.61. The standard InChI is InChI=1S/C7H13F3OP/c1-2-3-4-5-12(11)6-7(8,9)10/h2-6H2,1H3/q+1. The summed E-state index contributed by atoms with van der Waals surface area (Å²) in [7, 11) is -2.06. The van der Waals surface area contributed by atoms with Gasteiger partial charge in [0, 0.05) is 0 Å². The number of rotatable bonds is 5. The molecule has 0 rings (SSSR count). The molecule has 0 fully saturated rings. The largest absolute Gasteiger partial charge is 0.432 e. The van der Waals surface area contributed by atoms with Crippen LogP contribution < -0.4 is 0 Å². The van der Waals surface area contributed by atoms with Crippen LogP contribution >= 0.6 is 7.80 Å². The van der Waals surface area contributed by atoms with Gasteiger partial charge < -0.3 is 0 Å². The van der Waals surface area contributed by atoms with Gasteiger partial charge in [0.05, 0.1) is 0 Å². The molecule has 1 nitrogen and oxygen atoms in total. The van der Waals surface area contributed by atoms with Gasteiger partial charge in [-0.25, -0.2) is 0 Å². The van der Waals surface area contributed by atoms with Crippen LogP contribution in [0, 0.1) is 0 Å². The van der Waals surface area contributed by atoms with Gasteiger partial charge in [0.2, 0.25) is 6.16 Å². The molecule has 5 heteroatoms. The molecule has 0 aromatic rings. The van der Waals surface area contributed by atoms with E-state index in [0.29, 0.717) is 6.42 Å². The highest BCUT2D eigenvalue weighted by atomic mass is 31.1. The second kappa shape index (κ2) is 5.52. The number of hydrogen-bond acceptors (Lipinski definition) is 1. The highest BCUT2D eigenvalue weighted by Crippen LogP contribution is 2.31. The molecule has 0 bridgehead atoms. The summed E-state index contributed by atoms with van der Waals surface area (Å²) >= 11 is 0.